The summed E-state index contributed by atoms with van der Waals surface area (Å²) >= 11 is 0. The molecule has 1 unspecified atom stereocenters. The van der Waals surface area contributed by atoms with E-state index in [0.717, 1.165) is 12.8 Å². The molecule has 1 aliphatic rings. The van der Waals surface area contributed by atoms with Crippen molar-refractivity contribution in [3.63, 3.8) is 0 Å². The van der Waals surface area contributed by atoms with Gasteiger partial charge in [-0.3, -0.25) is 4.99 Å². The number of halogens is 1. The summed E-state index contributed by atoms with van der Waals surface area (Å²) in [7, 11) is -3.21. The van der Waals surface area contributed by atoms with Crippen molar-refractivity contribution in [2.45, 2.75) is 63.7 Å². The first-order chi connectivity index (χ1) is 10.7. The molecule has 0 aromatic heterocycles. The Labute approximate surface area is 164 Å². The van der Waals surface area contributed by atoms with Gasteiger partial charge in [0.25, 0.3) is 0 Å². The van der Waals surface area contributed by atoms with E-state index in [0.29, 0.717) is 37.9 Å². The van der Waals surface area contributed by atoms with E-state index in [9.17, 15) is 8.42 Å². The maximum Gasteiger partial charge on any atom is 0.188 e. The highest BCUT2D eigenvalue weighted by atomic mass is 127. The fourth-order valence-corrected chi connectivity index (χ4v) is 4.03. The summed E-state index contributed by atoms with van der Waals surface area (Å²) in [6, 6.07) is 0.237. The highest BCUT2D eigenvalue weighted by Gasteiger charge is 2.42. The third-order valence-electron chi connectivity index (χ3n) is 4.54. The quantitative estimate of drug-likeness (QED) is 0.319. The summed E-state index contributed by atoms with van der Waals surface area (Å²) in [6.07, 6.45) is 5.61. The van der Waals surface area contributed by atoms with Crippen LogP contribution in [0, 0.1) is 5.92 Å². The second-order valence-electron chi connectivity index (χ2n) is 7.14. The number of rotatable bonds is 8. The average Bonchev–Trinajstić information content (AvgIpc) is 2.44. The molecule has 0 bridgehead atoms. The minimum absolute atomic E-state index is 0. The lowest BCUT2D eigenvalue weighted by Gasteiger charge is -2.34. The largest absolute Gasteiger partial charge is 0.381 e. The van der Waals surface area contributed by atoms with Gasteiger partial charge in [-0.2, -0.15) is 0 Å². The smallest absolute Gasteiger partial charge is 0.188 e. The van der Waals surface area contributed by atoms with E-state index < -0.39 is 14.6 Å². The molecule has 1 atom stereocenters. The van der Waals surface area contributed by atoms with Crippen LogP contribution < -0.4 is 11.1 Å². The minimum Gasteiger partial charge on any atom is -0.381 e. The van der Waals surface area contributed by atoms with Gasteiger partial charge in [0, 0.05) is 25.5 Å². The van der Waals surface area contributed by atoms with Crippen molar-refractivity contribution < 1.29 is 13.2 Å². The van der Waals surface area contributed by atoms with Crippen LogP contribution in [0.2, 0.25) is 0 Å². The molecule has 0 saturated carbocycles. The van der Waals surface area contributed by atoms with Crippen molar-refractivity contribution in [1.29, 1.82) is 0 Å². The van der Waals surface area contributed by atoms with Crippen molar-refractivity contribution >= 4 is 39.8 Å². The second-order valence-corrected chi connectivity index (χ2v) is 9.55. The Morgan fingerprint density at radius 1 is 1.25 bits per heavy atom. The molecule has 0 aromatic rings. The molecule has 0 spiro atoms. The number of ether oxygens (including phenoxy) is 1. The number of aliphatic imine (C=N–C) groups is 1. The van der Waals surface area contributed by atoms with Gasteiger partial charge in [-0.1, -0.05) is 26.7 Å². The summed E-state index contributed by atoms with van der Waals surface area (Å²) in [6.45, 7) is 7.62. The third kappa shape index (κ3) is 7.86. The number of nitrogens with two attached hydrogens (primary N) is 1. The molecule has 0 aliphatic carbocycles. The molecule has 1 heterocycles. The number of hydrogen-bond donors (Lipinski definition) is 2. The molecule has 1 rings (SSSR count). The zero-order chi connectivity index (χ0) is 17.5. The van der Waals surface area contributed by atoms with Gasteiger partial charge in [0.15, 0.2) is 15.8 Å². The van der Waals surface area contributed by atoms with Crippen LogP contribution in [-0.2, 0) is 14.6 Å². The highest BCUT2D eigenvalue weighted by molar-refractivity contribution is 14.0. The maximum absolute atomic E-state index is 12.2. The number of nitrogens with zero attached hydrogens (tertiary/aromatic N) is 1. The summed E-state index contributed by atoms with van der Waals surface area (Å²) in [5.74, 6) is 1.04. The number of sulfone groups is 1. The van der Waals surface area contributed by atoms with E-state index in [1.807, 2.05) is 0 Å². The predicted octanol–water partition coefficient (Wildman–Crippen LogP) is 2.32. The van der Waals surface area contributed by atoms with Crippen LogP contribution in [0.5, 0.6) is 0 Å². The van der Waals surface area contributed by atoms with Gasteiger partial charge in [-0.15, -0.1) is 24.0 Å². The van der Waals surface area contributed by atoms with E-state index in [1.54, 1.807) is 0 Å². The topological polar surface area (TPSA) is 93.8 Å². The molecule has 0 amide bonds. The molecule has 0 aromatic carbocycles. The first kappa shape index (κ1) is 23.9. The van der Waals surface area contributed by atoms with Crippen LogP contribution in [0.15, 0.2) is 4.99 Å². The molecular weight excluding hydrogens is 441 g/mol. The van der Waals surface area contributed by atoms with Crippen LogP contribution in [0.4, 0.5) is 0 Å². The van der Waals surface area contributed by atoms with Gasteiger partial charge in [0.05, 0.1) is 11.3 Å². The summed E-state index contributed by atoms with van der Waals surface area (Å²) in [5.41, 5.74) is 5.94. The maximum atomic E-state index is 12.2. The average molecular weight is 475 g/mol. The van der Waals surface area contributed by atoms with Crippen molar-refractivity contribution in [3.05, 3.63) is 0 Å². The van der Waals surface area contributed by atoms with Crippen LogP contribution in [-0.4, -0.2) is 51.2 Å². The summed E-state index contributed by atoms with van der Waals surface area (Å²) in [4.78, 5) is 4.32. The number of guanidine groups is 1. The zero-order valence-corrected chi connectivity index (χ0v) is 18.5. The Bertz CT molecular complexity index is 489. The Hall–Kier alpha value is -0.0900. The third-order valence-corrected chi connectivity index (χ3v) is 6.65. The van der Waals surface area contributed by atoms with Gasteiger partial charge >= 0.3 is 0 Å². The SMILES string of the molecule is CC(C)CCCC(C)NC(N)=NCC1(S(C)(=O)=O)CCOCC1.I. The van der Waals surface area contributed by atoms with E-state index in [2.05, 4.69) is 31.1 Å². The van der Waals surface area contributed by atoms with Crippen molar-refractivity contribution in [2.24, 2.45) is 16.6 Å². The van der Waals surface area contributed by atoms with E-state index in [-0.39, 0.29) is 36.6 Å². The molecule has 1 fully saturated rings. The van der Waals surface area contributed by atoms with Crippen LogP contribution in [0.3, 0.4) is 0 Å². The molecule has 6 nitrogen and oxygen atoms in total. The first-order valence-corrected chi connectivity index (χ1v) is 10.4. The fourth-order valence-electron chi connectivity index (χ4n) is 2.82. The first-order valence-electron chi connectivity index (χ1n) is 8.50. The van der Waals surface area contributed by atoms with Crippen LogP contribution in [0.25, 0.3) is 0 Å². The van der Waals surface area contributed by atoms with E-state index >= 15 is 0 Å². The van der Waals surface area contributed by atoms with Crippen molar-refractivity contribution in [3.8, 4) is 0 Å². The summed E-state index contributed by atoms with van der Waals surface area (Å²) in [5, 5.41) is 3.16. The Morgan fingerprint density at radius 3 is 2.33 bits per heavy atom. The lowest BCUT2D eigenvalue weighted by atomic mass is 9.99. The molecule has 0 radical (unpaired) electrons. The van der Waals surface area contributed by atoms with Gasteiger partial charge < -0.3 is 15.8 Å². The minimum atomic E-state index is -3.21. The molecule has 24 heavy (non-hydrogen) atoms. The lowest BCUT2D eigenvalue weighted by molar-refractivity contribution is 0.0768. The van der Waals surface area contributed by atoms with Gasteiger partial charge in [-0.05, 0) is 32.1 Å². The number of nitrogens with one attached hydrogen (secondary N) is 1. The van der Waals surface area contributed by atoms with Crippen LogP contribution >= 0.6 is 24.0 Å². The molecule has 8 heteroatoms. The standard InChI is InChI=1S/C16H33N3O3S.HI/c1-13(2)6-5-7-14(3)19-15(17)18-12-16(23(4,20)21)8-10-22-11-9-16;/h13-14H,5-12H2,1-4H3,(H3,17,18,19);1H. The van der Waals surface area contributed by atoms with Crippen LogP contribution in [0.1, 0.15) is 52.9 Å². The zero-order valence-electron chi connectivity index (χ0n) is 15.4. The Kier molecular flexibility index (Phi) is 10.8. The fraction of sp³-hybridized carbons (Fsp3) is 0.938. The normalized spacial score (nSPS) is 19.6. The summed E-state index contributed by atoms with van der Waals surface area (Å²) < 4.78 is 28.8. The van der Waals surface area contributed by atoms with Crippen molar-refractivity contribution in [1.82, 2.24) is 5.32 Å². The second kappa shape index (κ2) is 10.8. The van der Waals surface area contributed by atoms with Crippen molar-refractivity contribution in [2.75, 3.05) is 26.0 Å². The number of hydrogen-bond acceptors (Lipinski definition) is 4. The molecule has 3 N–H and O–H groups in total. The Balaban J connectivity index is 0.00000529. The highest BCUT2D eigenvalue weighted by Crippen LogP contribution is 2.29. The van der Waals surface area contributed by atoms with Gasteiger partial charge in [0.1, 0.15) is 0 Å². The predicted molar refractivity (Wildman–Crippen MR) is 111 cm³/mol. The molecule has 1 aliphatic heterocycles. The van der Waals surface area contributed by atoms with E-state index in [1.165, 1.54) is 12.7 Å². The van der Waals surface area contributed by atoms with Gasteiger partial charge in [0.2, 0.25) is 0 Å². The van der Waals surface area contributed by atoms with Gasteiger partial charge in [-0.25, -0.2) is 8.42 Å². The Morgan fingerprint density at radius 2 is 1.83 bits per heavy atom. The molecule has 144 valence electrons. The monoisotopic (exact) mass is 475 g/mol. The molecule has 1 saturated heterocycles. The van der Waals surface area contributed by atoms with E-state index in [4.69, 9.17) is 10.5 Å². The lowest BCUT2D eigenvalue weighted by Crippen LogP contribution is -2.47. The molecular formula is C16H34IN3O3S.